The molecule has 1 aromatic heterocycles. The first-order valence-electron chi connectivity index (χ1n) is 5.46. The van der Waals surface area contributed by atoms with Gasteiger partial charge in [0, 0.05) is 11.5 Å². The Morgan fingerprint density at radius 3 is 2.59 bits per heavy atom. The monoisotopic (exact) mass is 294 g/mol. The Morgan fingerprint density at radius 1 is 1.35 bits per heavy atom. The van der Waals surface area contributed by atoms with Crippen molar-refractivity contribution in [3.63, 3.8) is 0 Å². The molecule has 2 rings (SSSR count). The third-order valence-electron chi connectivity index (χ3n) is 2.76. The molecule has 0 aliphatic carbocycles. The molecule has 0 aliphatic heterocycles. The van der Waals surface area contributed by atoms with Crippen LogP contribution < -0.4 is 5.32 Å². The van der Waals surface area contributed by atoms with Crippen molar-refractivity contribution in [2.24, 2.45) is 7.05 Å². The van der Waals surface area contributed by atoms with E-state index in [0.29, 0.717) is 0 Å². The Labute approximate surface area is 109 Å². The van der Waals surface area contributed by atoms with Gasteiger partial charge in [0.1, 0.15) is 12.2 Å². The lowest BCUT2D eigenvalue weighted by molar-refractivity contribution is 0.523. The largest absolute Gasteiger partial charge is 0.310 e. The van der Waals surface area contributed by atoms with Crippen LogP contribution in [0.5, 0.6) is 0 Å². The molecule has 90 valence electrons. The molecule has 1 aromatic carbocycles. The van der Waals surface area contributed by atoms with Crippen molar-refractivity contribution in [3.8, 4) is 0 Å². The molecule has 1 N–H and O–H groups in total. The van der Waals surface area contributed by atoms with Crippen molar-refractivity contribution < 1.29 is 0 Å². The van der Waals surface area contributed by atoms with Crippen LogP contribution in [0.15, 0.2) is 35.1 Å². The lowest BCUT2D eigenvalue weighted by Gasteiger charge is -2.15. The Hall–Kier alpha value is -1.20. The molecule has 0 fully saturated rings. The second-order valence-electron chi connectivity index (χ2n) is 3.91. The summed E-state index contributed by atoms with van der Waals surface area (Å²) in [4.78, 5) is 4.28. The van der Waals surface area contributed by atoms with Crippen molar-refractivity contribution in [2.75, 3.05) is 7.05 Å². The molecule has 0 spiro atoms. The van der Waals surface area contributed by atoms with Crippen LogP contribution in [0.2, 0.25) is 0 Å². The minimum Gasteiger partial charge on any atom is -0.310 e. The number of likely N-dealkylation sites (N-methyl/N-ethyl adjacent to an activating group) is 1. The Balaban J connectivity index is 2.16. The highest BCUT2D eigenvalue weighted by atomic mass is 79.9. The van der Waals surface area contributed by atoms with Crippen LogP contribution in [0.25, 0.3) is 0 Å². The van der Waals surface area contributed by atoms with E-state index in [4.69, 9.17) is 0 Å². The van der Waals surface area contributed by atoms with Gasteiger partial charge >= 0.3 is 0 Å². The van der Waals surface area contributed by atoms with Gasteiger partial charge in [0.05, 0.1) is 6.04 Å². The molecule has 0 radical (unpaired) electrons. The minimum absolute atomic E-state index is 0.184. The second-order valence-corrected chi connectivity index (χ2v) is 4.83. The van der Waals surface area contributed by atoms with Gasteiger partial charge in [-0.15, -0.1) is 0 Å². The molecule has 2 aromatic rings. The number of nitrogens with zero attached hydrogens (tertiary/aromatic N) is 3. The topological polar surface area (TPSA) is 42.7 Å². The first-order valence-corrected chi connectivity index (χ1v) is 6.25. The van der Waals surface area contributed by atoms with Gasteiger partial charge in [-0.2, -0.15) is 5.10 Å². The summed E-state index contributed by atoms with van der Waals surface area (Å²) in [7, 11) is 3.85. The normalized spacial score (nSPS) is 12.6. The van der Waals surface area contributed by atoms with Gasteiger partial charge in [-0.1, -0.05) is 28.1 Å². The first-order chi connectivity index (χ1) is 8.20. The molecule has 1 heterocycles. The van der Waals surface area contributed by atoms with E-state index < -0.39 is 0 Å². The second kappa shape index (κ2) is 5.42. The van der Waals surface area contributed by atoms with Crippen LogP contribution in [0.3, 0.4) is 0 Å². The van der Waals surface area contributed by atoms with Crippen LogP contribution in [-0.2, 0) is 13.5 Å². The minimum atomic E-state index is 0.184. The van der Waals surface area contributed by atoms with E-state index in [1.165, 1.54) is 5.56 Å². The summed E-state index contributed by atoms with van der Waals surface area (Å²) < 4.78 is 2.90. The highest BCUT2D eigenvalue weighted by molar-refractivity contribution is 9.10. The van der Waals surface area contributed by atoms with Gasteiger partial charge in [0.2, 0.25) is 0 Å². The molecule has 0 amide bonds. The molecule has 4 nitrogen and oxygen atoms in total. The zero-order valence-electron chi connectivity index (χ0n) is 9.89. The number of rotatable bonds is 4. The van der Waals surface area contributed by atoms with Gasteiger partial charge in [-0.25, -0.2) is 4.98 Å². The summed E-state index contributed by atoms with van der Waals surface area (Å²) >= 11 is 3.44. The fourth-order valence-electron chi connectivity index (χ4n) is 1.80. The highest BCUT2D eigenvalue weighted by Gasteiger charge is 2.14. The van der Waals surface area contributed by atoms with Crippen molar-refractivity contribution in [1.29, 1.82) is 0 Å². The molecule has 0 bridgehead atoms. The molecule has 0 saturated heterocycles. The fourth-order valence-corrected chi connectivity index (χ4v) is 2.06. The van der Waals surface area contributed by atoms with Crippen LogP contribution >= 0.6 is 15.9 Å². The SMILES string of the molecule is CNC(Cc1ccc(Br)cc1)c1ncnn1C. The summed E-state index contributed by atoms with van der Waals surface area (Å²) in [5, 5.41) is 7.37. The lowest BCUT2D eigenvalue weighted by atomic mass is 10.1. The standard InChI is InChI=1S/C12H15BrN4/c1-14-11(12-15-8-16-17(12)2)7-9-3-5-10(13)6-4-9/h3-6,8,11,14H,7H2,1-2H3. The Kier molecular flexibility index (Phi) is 3.91. The van der Waals surface area contributed by atoms with Crippen molar-refractivity contribution in [1.82, 2.24) is 20.1 Å². The summed E-state index contributed by atoms with van der Waals surface area (Å²) in [6.45, 7) is 0. The average molecular weight is 295 g/mol. The maximum Gasteiger partial charge on any atom is 0.144 e. The van der Waals surface area contributed by atoms with E-state index in [-0.39, 0.29) is 6.04 Å². The van der Waals surface area contributed by atoms with Crippen LogP contribution in [0.1, 0.15) is 17.4 Å². The van der Waals surface area contributed by atoms with E-state index in [2.05, 4.69) is 55.6 Å². The van der Waals surface area contributed by atoms with E-state index in [1.54, 1.807) is 11.0 Å². The molecule has 1 unspecified atom stereocenters. The number of hydrogen-bond donors (Lipinski definition) is 1. The quantitative estimate of drug-likeness (QED) is 0.939. The molecular formula is C12H15BrN4. The van der Waals surface area contributed by atoms with Gasteiger partial charge in [0.25, 0.3) is 0 Å². The zero-order valence-corrected chi connectivity index (χ0v) is 11.5. The Morgan fingerprint density at radius 2 is 2.06 bits per heavy atom. The van der Waals surface area contributed by atoms with Gasteiger partial charge in [0.15, 0.2) is 0 Å². The Bertz CT molecular complexity index is 478. The molecule has 5 heteroatoms. The smallest absolute Gasteiger partial charge is 0.144 e. The molecular weight excluding hydrogens is 280 g/mol. The fraction of sp³-hybridized carbons (Fsp3) is 0.333. The summed E-state index contributed by atoms with van der Waals surface area (Å²) in [5.74, 6) is 0.954. The van der Waals surface area contributed by atoms with Crippen LogP contribution in [-0.4, -0.2) is 21.8 Å². The molecule has 17 heavy (non-hydrogen) atoms. The van der Waals surface area contributed by atoms with E-state index in [9.17, 15) is 0 Å². The van der Waals surface area contributed by atoms with Gasteiger partial charge < -0.3 is 5.32 Å². The van der Waals surface area contributed by atoms with E-state index >= 15 is 0 Å². The van der Waals surface area contributed by atoms with E-state index in [0.717, 1.165) is 16.7 Å². The predicted octanol–water partition coefficient (Wildman–Crippen LogP) is 2.08. The van der Waals surface area contributed by atoms with Crippen LogP contribution in [0.4, 0.5) is 0 Å². The lowest BCUT2D eigenvalue weighted by Crippen LogP contribution is -2.22. The number of nitrogens with one attached hydrogen (secondary N) is 1. The average Bonchev–Trinajstić information content (AvgIpc) is 2.75. The maximum atomic E-state index is 4.28. The van der Waals surface area contributed by atoms with Crippen molar-refractivity contribution in [2.45, 2.75) is 12.5 Å². The van der Waals surface area contributed by atoms with Gasteiger partial charge in [-0.3, -0.25) is 4.68 Å². The number of hydrogen-bond acceptors (Lipinski definition) is 3. The third kappa shape index (κ3) is 2.92. The summed E-state index contributed by atoms with van der Waals surface area (Å²) in [6, 6.07) is 8.52. The maximum absolute atomic E-state index is 4.28. The van der Waals surface area contributed by atoms with Crippen molar-refractivity contribution in [3.05, 3.63) is 46.5 Å². The summed E-state index contributed by atoms with van der Waals surface area (Å²) in [6.07, 6.45) is 2.48. The van der Waals surface area contributed by atoms with E-state index in [1.807, 2.05) is 14.1 Å². The molecule has 0 saturated carbocycles. The van der Waals surface area contributed by atoms with Gasteiger partial charge in [-0.05, 0) is 31.2 Å². The predicted molar refractivity (Wildman–Crippen MR) is 70.6 cm³/mol. The molecule has 1 atom stereocenters. The zero-order chi connectivity index (χ0) is 12.3. The number of benzene rings is 1. The first kappa shape index (κ1) is 12.3. The number of aromatic nitrogens is 3. The number of aryl methyl sites for hydroxylation is 1. The van der Waals surface area contributed by atoms with Crippen LogP contribution in [0, 0.1) is 0 Å². The number of halogens is 1. The molecule has 0 aliphatic rings. The summed E-state index contributed by atoms with van der Waals surface area (Å²) in [5.41, 5.74) is 1.27. The highest BCUT2D eigenvalue weighted by Crippen LogP contribution is 2.17. The van der Waals surface area contributed by atoms with Crippen molar-refractivity contribution >= 4 is 15.9 Å². The third-order valence-corrected chi connectivity index (χ3v) is 3.29.